The highest BCUT2D eigenvalue weighted by molar-refractivity contribution is 6.43. The summed E-state index contributed by atoms with van der Waals surface area (Å²) in [7, 11) is 1.61. The minimum absolute atomic E-state index is 0.123. The lowest BCUT2D eigenvalue weighted by atomic mass is 10.0. The lowest BCUT2D eigenvalue weighted by Gasteiger charge is -2.27. The molecule has 174 valence electrons. The van der Waals surface area contributed by atoms with Gasteiger partial charge < -0.3 is 15.0 Å². The van der Waals surface area contributed by atoms with Crippen LogP contribution >= 0.6 is 0 Å². The number of rotatable bonds is 10. The molecular formula is C24H40N4O3. The first-order valence-corrected chi connectivity index (χ1v) is 11.0. The SMILES string of the molecule is C\C=C/N=C(C)\C=C/C(=NC)C(=O)NCC1CC1(C)CCN(CC)C(=O)OC(C)(C)C. The quantitative estimate of drug-likeness (QED) is 0.520. The van der Waals surface area contributed by atoms with Crippen LogP contribution in [-0.4, -0.2) is 60.6 Å². The Morgan fingerprint density at radius 1 is 1.29 bits per heavy atom. The smallest absolute Gasteiger partial charge is 0.410 e. The Morgan fingerprint density at radius 3 is 2.52 bits per heavy atom. The Labute approximate surface area is 187 Å². The van der Waals surface area contributed by atoms with E-state index in [2.05, 4.69) is 22.2 Å². The van der Waals surface area contributed by atoms with Gasteiger partial charge in [0.15, 0.2) is 0 Å². The number of allylic oxidation sites excluding steroid dienone is 2. The summed E-state index contributed by atoms with van der Waals surface area (Å²) in [4.78, 5) is 34.8. The zero-order valence-electron chi connectivity index (χ0n) is 20.5. The van der Waals surface area contributed by atoms with E-state index in [0.29, 0.717) is 31.3 Å². The molecule has 2 atom stereocenters. The molecule has 0 aromatic heterocycles. The number of ether oxygens (including phenoxy) is 1. The summed E-state index contributed by atoms with van der Waals surface area (Å²) in [6, 6.07) is 0. The molecule has 0 aromatic carbocycles. The van der Waals surface area contributed by atoms with Crippen LogP contribution in [0.5, 0.6) is 0 Å². The fraction of sp³-hybridized carbons (Fsp3) is 0.667. The molecular weight excluding hydrogens is 392 g/mol. The summed E-state index contributed by atoms with van der Waals surface area (Å²) >= 11 is 0. The lowest BCUT2D eigenvalue weighted by Crippen LogP contribution is -2.38. The van der Waals surface area contributed by atoms with Crippen LogP contribution in [0.15, 0.2) is 34.4 Å². The van der Waals surface area contributed by atoms with E-state index in [4.69, 9.17) is 4.74 Å². The zero-order chi connectivity index (χ0) is 23.7. The molecule has 0 spiro atoms. The van der Waals surface area contributed by atoms with Crippen molar-refractivity contribution in [3.63, 3.8) is 0 Å². The van der Waals surface area contributed by atoms with Crippen molar-refractivity contribution in [2.24, 2.45) is 21.3 Å². The second-order valence-electron chi connectivity index (χ2n) is 9.27. The number of nitrogens with one attached hydrogen (secondary N) is 1. The van der Waals surface area contributed by atoms with E-state index in [9.17, 15) is 9.59 Å². The van der Waals surface area contributed by atoms with Crippen molar-refractivity contribution < 1.29 is 14.3 Å². The second-order valence-corrected chi connectivity index (χ2v) is 9.27. The molecule has 7 nitrogen and oxygen atoms in total. The third kappa shape index (κ3) is 9.49. The first-order valence-electron chi connectivity index (χ1n) is 11.0. The summed E-state index contributed by atoms with van der Waals surface area (Å²) in [5.74, 6) is 0.213. The molecule has 0 radical (unpaired) electrons. The Balaban J connectivity index is 2.51. The first-order chi connectivity index (χ1) is 14.5. The predicted molar refractivity (Wildman–Crippen MR) is 128 cm³/mol. The van der Waals surface area contributed by atoms with E-state index in [1.165, 1.54) is 0 Å². The topological polar surface area (TPSA) is 83.4 Å². The third-order valence-corrected chi connectivity index (χ3v) is 5.42. The molecule has 7 heteroatoms. The van der Waals surface area contributed by atoms with Gasteiger partial charge in [-0.2, -0.15) is 0 Å². The number of hydrogen-bond donors (Lipinski definition) is 1. The molecule has 2 amide bonds. The van der Waals surface area contributed by atoms with Crippen LogP contribution in [-0.2, 0) is 9.53 Å². The number of carbonyl (C=O) groups excluding carboxylic acids is 2. The van der Waals surface area contributed by atoms with Crippen molar-refractivity contribution in [1.29, 1.82) is 0 Å². The van der Waals surface area contributed by atoms with Crippen LogP contribution in [0.2, 0.25) is 0 Å². The van der Waals surface area contributed by atoms with E-state index in [0.717, 1.165) is 18.6 Å². The first kappa shape index (κ1) is 26.6. The fourth-order valence-electron chi connectivity index (χ4n) is 3.22. The van der Waals surface area contributed by atoms with Gasteiger partial charge in [-0.3, -0.25) is 14.8 Å². The number of hydrogen-bond acceptors (Lipinski definition) is 5. The Bertz CT molecular complexity index is 746. The van der Waals surface area contributed by atoms with Gasteiger partial charge in [0.1, 0.15) is 11.3 Å². The van der Waals surface area contributed by atoms with Gasteiger partial charge in [0.25, 0.3) is 5.91 Å². The second kappa shape index (κ2) is 11.8. The van der Waals surface area contributed by atoms with Crippen LogP contribution in [0.3, 0.4) is 0 Å². The maximum Gasteiger partial charge on any atom is 0.410 e. The molecule has 0 aromatic rings. The predicted octanol–water partition coefficient (Wildman–Crippen LogP) is 4.40. The Hall–Kier alpha value is -2.44. The Kier molecular flexibility index (Phi) is 10.1. The van der Waals surface area contributed by atoms with Gasteiger partial charge in [-0.15, -0.1) is 0 Å². The van der Waals surface area contributed by atoms with Crippen molar-refractivity contribution >= 4 is 23.4 Å². The van der Waals surface area contributed by atoms with Gasteiger partial charge in [0.2, 0.25) is 0 Å². The van der Waals surface area contributed by atoms with Crippen molar-refractivity contribution in [1.82, 2.24) is 10.2 Å². The molecule has 0 saturated heterocycles. The number of amides is 2. The fourth-order valence-corrected chi connectivity index (χ4v) is 3.22. The van der Waals surface area contributed by atoms with Crippen LogP contribution in [0.1, 0.15) is 61.3 Å². The van der Waals surface area contributed by atoms with Crippen LogP contribution in [0.4, 0.5) is 4.79 Å². The van der Waals surface area contributed by atoms with Gasteiger partial charge in [-0.25, -0.2) is 4.79 Å². The normalized spacial score (nSPS) is 22.1. The van der Waals surface area contributed by atoms with Crippen LogP contribution < -0.4 is 5.32 Å². The van der Waals surface area contributed by atoms with E-state index in [-0.39, 0.29) is 17.4 Å². The summed E-state index contributed by atoms with van der Waals surface area (Å²) in [6.07, 6.45) is 8.66. The van der Waals surface area contributed by atoms with Gasteiger partial charge in [0, 0.05) is 38.6 Å². The summed E-state index contributed by atoms with van der Waals surface area (Å²) in [6.45, 7) is 15.4. The number of carbonyl (C=O) groups is 2. The minimum Gasteiger partial charge on any atom is -0.444 e. The monoisotopic (exact) mass is 432 g/mol. The maximum atomic E-state index is 12.5. The van der Waals surface area contributed by atoms with E-state index in [1.807, 2.05) is 47.6 Å². The molecule has 0 heterocycles. The van der Waals surface area contributed by atoms with Crippen LogP contribution in [0.25, 0.3) is 0 Å². The lowest BCUT2D eigenvalue weighted by molar-refractivity contribution is -0.114. The molecule has 1 aliphatic carbocycles. The van der Waals surface area contributed by atoms with Crippen molar-refractivity contribution in [3.8, 4) is 0 Å². The molecule has 1 rings (SSSR count). The highest BCUT2D eigenvalue weighted by Crippen LogP contribution is 2.54. The summed E-state index contributed by atoms with van der Waals surface area (Å²) in [5, 5.41) is 2.99. The van der Waals surface area contributed by atoms with Crippen molar-refractivity contribution in [2.45, 2.75) is 66.9 Å². The zero-order valence-corrected chi connectivity index (χ0v) is 20.5. The van der Waals surface area contributed by atoms with E-state index < -0.39 is 5.60 Å². The molecule has 1 fully saturated rings. The van der Waals surface area contributed by atoms with Gasteiger partial charge in [-0.05, 0) is 77.9 Å². The van der Waals surface area contributed by atoms with Crippen LogP contribution in [0, 0.1) is 11.3 Å². The van der Waals surface area contributed by atoms with E-state index in [1.54, 1.807) is 30.3 Å². The number of nitrogens with zero attached hydrogens (tertiary/aromatic N) is 3. The molecule has 1 aliphatic rings. The van der Waals surface area contributed by atoms with Gasteiger partial charge >= 0.3 is 6.09 Å². The van der Waals surface area contributed by atoms with Gasteiger partial charge in [-0.1, -0.05) is 13.0 Å². The summed E-state index contributed by atoms with van der Waals surface area (Å²) in [5.41, 5.74) is 0.801. The van der Waals surface area contributed by atoms with Gasteiger partial charge in [0.05, 0.1) is 0 Å². The summed E-state index contributed by atoms with van der Waals surface area (Å²) < 4.78 is 5.48. The molecule has 0 bridgehead atoms. The molecule has 0 aliphatic heterocycles. The van der Waals surface area contributed by atoms with E-state index >= 15 is 0 Å². The number of aliphatic imine (C=N–C) groups is 2. The standard InChI is InChI=1S/C24H40N4O3/c1-9-14-26-18(3)11-12-20(25-8)21(29)27-17-19-16-24(19,7)13-15-28(10-2)22(30)31-23(4,5)6/h9,11-12,14,19H,10,13,15-17H2,1-8H3,(H,27,29)/b12-11-,14-9-,25-20?,26-18-. The maximum absolute atomic E-state index is 12.5. The molecule has 1 saturated carbocycles. The average Bonchev–Trinajstić information content (AvgIpc) is 3.34. The Morgan fingerprint density at radius 2 is 1.97 bits per heavy atom. The average molecular weight is 433 g/mol. The molecule has 2 unspecified atom stereocenters. The highest BCUT2D eigenvalue weighted by atomic mass is 16.6. The minimum atomic E-state index is -0.495. The highest BCUT2D eigenvalue weighted by Gasteiger charge is 2.49. The molecule has 31 heavy (non-hydrogen) atoms. The largest absolute Gasteiger partial charge is 0.444 e. The molecule has 1 N–H and O–H groups in total. The third-order valence-electron chi connectivity index (χ3n) is 5.42. The van der Waals surface area contributed by atoms with Crippen molar-refractivity contribution in [3.05, 3.63) is 24.4 Å². The van der Waals surface area contributed by atoms with Crippen molar-refractivity contribution in [2.75, 3.05) is 26.7 Å².